The highest BCUT2D eigenvalue weighted by Crippen LogP contribution is 2.26. The van der Waals surface area contributed by atoms with Crippen LogP contribution in [0.1, 0.15) is 10.4 Å². The number of nitro groups is 1. The van der Waals surface area contributed by atoms with Gasteiger partial charge in [-0.25, -0.2) is 0 Å². The van der Waals surface area contributed by atoms with Crippen molar-refractivity contribution in [1.82, 2.24) is 10.3 Å². The molecule has 6 heteroatoms. The van der Waals surface area contributed by atoms with Crippen molar-refractivity contribution < 1.29 is 9.72 Å². The summed E-state index contributed by atoms with van der Waals surface area (Å²) in [4.78, 5) is 26.0. The molecule has 2 aromatic rings. The number of amides is 1. The van der Waals surface area contributed by atoms with Gasteiger partial charge in [0.1, 0.15) is 0 Å². The summed E-state index contributed by atoms with van der Waals surface area (Å²) in [5.74, 6) is -0.316. The van der Waals surface area contributed by atoms with Crippen LogP contribution in [-0.4, -0.2) is 22.9 Å². The molecule has 1 N–H and O–H groups in total. The van der Waals surface area contributed by atoms with E-state index in [2.05, 4.69) is 10.3 Å². The van der Waals surface area contributed by atoms with Crippen LogP contribution in [0.15, 0.2) is 30.5 Å². The van der Waals surface area contributed by atoms with E-state index >= 15 is 0 Å². The molecule has 1 heterocycles. The Balaban J connectivity index is 2.79. The van der Waals surface area contributed by atoms with Gasteiger partial charge in [-0.05, 0) is 18.2 Å². The minimum Gasteiger partial charge on any atom is -0.355 e. The zero-order chi connectivity index (χ0) is 12.4. The molecule has 0 fully saturated rings. The van der Waals surface area contributed by atoms with Gasteiger partial charge in [0.25, 0.3) is 11.6 Å². The molecule has 6 nitrogen and oxygen atoms in total. The van der Waals surface area contributed by atoms with Crippen molar-refractivity contribution in [2.45, 2.75) is 0 Å². The lowest BCUT2D eigenvalue weighted by Gasteiger charge is -2.04. The molecule has 1 aromatic carbocycles. The Morgan fingerprint density at radius 1 is 1.41 bits per heavy atom. The average Bonchev–Trinajstić information content (AvgIpc) is 2.36. The van der Waals surface area contributed by atoms with E-state index in [1.807, 2.05) is 0 Å². The fourth-order valence-corrected chi connectivity index (χ4v) is 1.63. The van der Waals surface area contributed by atoms with Crippen LogP contribution in [0, 0.1) is 10.1 Å². The Hall–Kier alpha value is -2.50. The first-order valence-electron chi connectivity index (χ1n) is 4.89. The topological polar surface area (TPSA) is 85.1 Å². The second-order valence-electron chi connectivity index (χ2n) is 3.37. The molecule has 0 aliphatic heterocycles. The number of hydrogen-bond donors (Lipinski definition) is 1. The van der Waals surface area contributed by atoms with Gasteiger partial charge < -0.3 is 5.32 Å². The summed E-state index contributed by atoms with van der Waals surface area (Å²) in [6.45, 7) is 0. The summed E-state index contributed by atoms with van der Waals surface area (Å²) >= 11 is 0. The normalized spacial score (nSPS) is 10.2. The highest BCUT2D eigenvalue weighted by molar-refractivity contribution is 6.07. The number of aromatic nitrogens is 1. The standard InChI is InChI=1S/C11H9N3O3/c1-12-11(15)8-4-5-9(14(16)17)7-3-2-6-13-10(7)8/h2-6H,1H3,(H,12,15). The lowest BCUT2D eigenvalue weighted by Crippen LogP contribution is -2.18. The zero-order valence-corrected chi connectivity index (χ0v) is 9.01. The van der Waals surface area contributed by atoms with Gasteiger partial charge in [0.2, 0.25) is 0 Å². The van der Waals surface area contributed by atoms with E-state index in [4.69, 9.17) is 0 Å². The third-order valence-corrected chi connectivity index (χ3v) is 2.42. The number of rotatable bonds is 2. The van der Waals surface area contributed by atoms with Crippen LogP contribution in [0.4, 0.5) is 5.69 Å². The Morgan fingerprint density at radius 3 is 2.82 bits per heavy atom. The van der Waals surface area contributed by atoms with Gasteiger partial charge in [-0.15, -0.1) is 0 Å². The molecule has 0 bridgehead atoms. The second-order valence-corrected chi connectivity index (χ2v) is 3.37. The van der Waals surface area contributed by atoms with Crippen LogP contribution in [0.2, 0.25) is 0 Å². The van der Waals surface area contributed by atoms with Crippen molar-refractivity contribution in [1.29, 1.82) is 0 Å². The van der Waals surface area contributed by atoms with E-state index in [9.17, 15) is 14.9 Å². The molecule has 1 aromatic heterocycles. The first-order chi connectivity index (χ1) is 8.15. The lowest BCUT2D eigenvalue weighted by molar-refractivity contribution is -0.383. The maximum absolute atomic E-state index is 11.6. The van der Waals surface area contributed by atoms with Gasteiger partial charge in [0.15, 0.2) is 0 Å². The number of nitro benzene ring substituents is 1. The number of benzene rings is 1. The van der Waals surface area contributed by atoms with Crippen molar-refractivity contribution in [3.8, 4) is 0 Å². The molecule has 0 radical (unpaired) electrons. The van der Waals surface area contributed by atoms with E-state index < -0.39 is 4.92 Å². The highest BCUT2D eigenvalue weighted by atomic mass is 16.6. The summed E-state index contributed by atoms with van der Waals surface area (Å²) in [6, 6.07) is 5.90. The van der Waals surface area contributed by atoms with Crippen molar-refractivity contribution in [2.75, 3.05) is 7.05 Å². The third-order valence-electron chi connectivity index (χ3n) is 2.42. The second kappa shape index (κ2) is 4.17. The van der Waals surface area contributed by atoms with Crippen molar-refractivity contribution >= 4 is 22.5 Å². The summed E-state index contributed by atoms with van der Waals surface area (Å²) in [7, 11) is 1.50. The number of nitrogens with one attached hydrogen (secondary N) is 1. The maximum atomic E-state index is 11.6. The number of fused-ring (bicyclic) bond motifs is 1. The monoisotopic (exact) mass is 231 g/mol. The molecule has 0 saturated carbocycles. The largest absolute Gasteiger partial charge is 0.355 e. The maximum Gasteiger partial charge on any atom is 0.278 e. The molecule has 0 atom stereocenters. The summed E-state index contributed by atoms with van der Waals surface area (Å²) in [5, 5.41) is 13.7. The molecular formula is C11H9N3O3. The van der Waals surface area contributed by atoms with Gasteiger partial charge in [-0.2, -0.15) is 0 Å². The quantitative estimate of drug-likeness (QED) is 0.627. The van der Waals surface area contributed by atoms with E-state index in [0.29, 0.717) is 16.5 Å². The Labute approximate surface area is 96.4 Å². The van der Waals surface area contributed by atoms with Gasteiger partial charge in [0, 0.05) is 19.3 Å². The summed E-state index contributed by atoms with van der Waals surface area (Å²) < 4.78 is 0. The Bertz CT molecular complexity index is 610. The third kappa shape index (κ3) is 1.80. The summed E-state index contributed by atoms with van der Waals surface area (Å²) in [5.41, 5.74) is 0.607. The van der Waals surface area contributed by atoms with Gasteiger partial charge in [-0.1, -0.05) is 0 Å². The lowest BCUT2D eigenvalue weighted by atomic mass is 10.1. The van der Waals surface area contributed by atoms with Gasteiger partial charge >= 0.3 is 0 Å². The van der Waals surface area contributed by atoms with E-state index in [-0.39, 0.29) is 11.6 Å². The molecule has 2 rings (SSSR count). The smallest absolute Gasteiger partial charge is 0.278 e. The van der Waals surface area contributed by atoms with Crippen LogP contribution in [0.25, 0.3) is 10.9 Å². The van der Waals surface area contributed by atoms with Crippen LogP contribution in [0.5, 0.6) is 0 Å². The van der Waals surface area contributed by atoms with Crippen LogP contribution < -0.4 is 5.32 Å². The number of non-ortho nitro benzene ring substituents is 1. The first kappa shape index (κ1) is 11.0. The molecule has 0 aliphatic carbocycles. The van der Waals surface area contributed by atoms with Crippen molar-refractivity contribution in [3.05, 3.63) is 46.1 Å². The SMILES string of the molecule is CNC(=O)c1ccc([N+](=O)[O-])c2cccnc12. The minimum atomic E-state index is -0.488. The number of carbonyl (C=O) groups excluding carboxylic acids is 1. The molecule has 0 aliphatic rings. The number of nitrogens with zero attached hydrogens (tertiary/aromatic N) is 2. The fourth-order valence-electron chi connectivity index (χ4n) is 1.63. The number of hydrogen-bond acceptors (Lipinski definition) is 4. The van der Waals surface area contributed by atoms with Crippen LogP contribution >= 0.6 is 0 Å². The predicted molar refractivity (Wildman–Crippen MR) is 61.8 cm³/mol. The molecule has 0 saturated heterocycles. The van der Waals surface area contributed by atoms with Gasteiger partial charge in [-0.3, -0.25) is 19.9 Å². The molecule has 1 amide bonds. The highest BCUT2D eigenvalue weighted by Gasteiger charge is 2.17. The first-order valence-corrected chi connectivity index (χ1v) is 4.89. The van der Waals surface area contributed by atoms with E-state index in [1.54, 1.807) is 12.1 Å². The van der Waals surface area contributed by atoms with E-state index in [0.717, 1.165) is 0 Å². The molecule has 0 unspecified atom stereocenters. The molecule has 86 valence electrons. The number of pyridine rings is 1. The number of carbonyl (C=O) groups is 1. The van der Waals surface area contributed by atoms with Gasteiger partial charge in [0.05, 0.1) is 21.4 Å². The predicted octanol–water partition coefficient (Wildman–Crippen LogP) is 1.50. The van der Waals surface area contributed by atoms with Crippen LogP contribution in [0.3, 0.4) is 0 Å². The zero-order valence-electron chi connectivity index (χ0n) is 9.01. The fraction of sp³-hybridized carbons (Fsp3) is 0.0909. The Morgan fingerprint density at radius 2 is 2.18 bits per heavy atom. The molecular weight excluding hydrogens is 222 g/mol. The average molecular weight is 231 g/mol. The van der Waals surface area contributed by atoms with Crippen LogP contribution in [-0.2, 0) is 0 Å². The molecule has 17 heavy (non-hydrogen) atoms. The van der Waals surface area contributed by atoms with E-state index in [1.165, 1.54) is 25.4 Å². The Kier molecular flexibility index (Phi) is 2.70. The van der Waals surface area contributed by atoms with Crippen molar-refractivity contribution in [3.63, 3.8) is 0 Å². The minimum absolute atomic E-state index is 0.0549. The summed E-state index contributed by atoms with van der Waals surface area (Å²) in [6.07, 6.45) is 1.50. The molecule has 0 spiro atoms. The van der Waals surface area contributed by atoms with Crippen molar-refractivity contribution in [2.24, 2.45) is 0 Å².